The molecule has 0 aromatic carbocycles. The van der Waals surface area contributed by atoms with Crippen molar-refractivity contribution in [3.63, 3.8) is 0 Å². The molecule has 0 radical (unpaired) electrons. The van der Waals surface area contributed by atoms with Gasteiger partial charge < -0.3 is 14.0 Å². The van der Waals surface area contributed by atoms with E-state index in [4.69, 9.17) is 20.4 Å². The fourth-order valence-corrected chi connectivity index (χ4v) is 4.90. The van der Waals surface area contributed by atoms with Gasteiger partial charge in [0.1, 0.15) is 6.10 Å². The molecule has 0 heterocycles. The first-order valence-corrected chi connectivity index (χ1v) is 17.6. The zero-order chi connectivity index (χ0) is 25.9. The van der Waals surface area contributed by atoms with Crippen LogP contribution in [0.5, 0.6) is 0 Å². The lowest BCUT2D eigenvalue weighted by molar-refractivity contribution is -0.137. The molecule has 2 unspecified atom stereocenters. The van der Waals surface area contributed by atoms with Gasteiger partial charge in [-0.3, -0.25) is 4.79 Å². The van der Waals surface area contributed by atoms with E-state index in [1.807, 2.05) is 18.2 Å². The molecule has 0 amide bonds. The van der Waals surface area contributed by atoms with Gasteiger partial charge in [0.05, 0.1) is 6.10 Å². The maximum atomic E-state index is 10.9. The molecule has 0 aliphatic carbocycles. The predicted octanol–water partition coefficient (Wildman–Crippen LogP) is 7.16. The van der Waals surface area contributed by atoms with Crippen LogP contribution in [0.25, 0.3) is 0 Å². The van der Waals surface area contributed by atoms with Crippen LogP contribution in [0.2, 0.25) is 36.3 Å². The molecule has 33 heavy (non-hydrogen) atoms. The van der Waals surface area contributed by atoms with Crippen molar-refractivity contribution >= 4 is 22.6 Å². The van der Waals surface area contributed by atoms with Gasteiger partial charge in [0, 0.05) is 12.8 Å². The van der Waals surface area contributed by atoms with Gasteiger partial charge in [0.25, 0.3) is 0 Å². The summed E-state index contributed by atoms with van der Waals surface area (Å²) in [5, 5.41) is 9.14. The SMILES string of the molecule is C#CCC(/C=C/C=C/C#CC(CCCC(=O)O)O[Si](C)(C)C(C)(C)C)O[Si](C)(C)C(C)(C)C. The first kappa shape index (κ1) is 31.4. The average Bonchev–Trinajstić information content (AvgIpc) is 2.61. The Morgan fingerprint density at radius 1 is 1.00 bits per heavy atom. The van der Waals surface area contributed by atoms with E-state index >= 15 is 0 Å². The van der Waals surface area contributed by atoms with Crippen LogP contribution < -0.4 is 0 Å². The number of hydrogen-bond donors (Lipinski definition) is 1. The van der Waals surface area contributed by atoms with E-state index in [1.54, 1.807) is 6.08 Å². The van der Waals surface area contributed by atoms with Crippen LogP contribution in [0.15, 0.2) is 24.3 Å². The molecule has 0 aromatic rings. The Balaban J connectivity index is 5.28. The van der Waals surface area contributed by atoms with Gasteiger partial charge in [-0.2, -0.15) is 0 Å². The number of rotatable bonds is 11. The molecule has 0 saturated carbocycles. The maximum Gasteiger partial charge on any atom is 0.303 e. The first-order chi connectivity index (χ1) is 14.9. The minimum atomic E-state index is -2.00. The standard InChI is InChI=1S/C27H46O4Si2/c1-12-18-23(30-32(8,9)26(2,3)4)19-15-13-14-16-20-24(21-17-22-25(28)29)31-33(10,11)27(5,6)7/h1,13-15,19,23-24H,17-18,21-22H2,2-11H3,(H,28,29)/b14-13+,19-15+. The Morgan fingerprint density at radius 2 is 1.55 bits per heavy atom. The van der Waals surface area contributed by atoms with E-state index in [2.05, 4.69) is 85.5 Å². The quantitative estimate of drug-likeness (QED) is 0.190. The monoisotopic (exact) mass is 490 g/mol. The van der Waals surface area contributed by atoms with Crippen molar-refractivity contribution < 1.29 is 18.8 Å². The molecule has 0 aliphatic heterocycles. The molecule has 0 spiro atoms. The minimum absolute atomic E-state index is 0.0640. The third-order valence-corrected chi connectivity index (χ3v) is 15.5. The van der Waals surface area contributed by atoms with Gasteiger partial charge in [-0.15, -0.1) is 12.3 Å². The number of carbonyl (C=O) groups is 1. The van der Waals surface area contributed by atoms with E-state index in [0.29, 0.717) is 19.3 Å². The smallest absolute Gasteiger partial charge is 0.303 e. The van der Waals surface area contributed by atoms with Crippen LogP contribution in [0.3, 0.4) is 0 Å². The highest BCUT2D eigenvalue weighted by atomic mass is 28.4. The summed E-state index contributed by atoms with van der Waals surface area (Å²) >= 11 is 0. The average molecular weight is 491 g/mol. The summed E-state index contributed by atoms with van der Waals surface area (Å²) in [5.41, 5.74) is 0. The van der Waals surface area contributed by atoms with Crippen LogP contribution in [-0.2, 0) is 13.6 Å². The van der Waals surface area contributed by atoms with E-state index in [9.17, 15) is 4.79 Å². The van der Waals surface area contributed by atoms with E-state index < -0.39 is 22.6 Å². The largest absolute Gasteiger partial charge is 0.481 e. The Bertz CT molecular complexity index is 778. The first-order valence-electron chi connectivity index (χ1n) is 11.8. The van der Waals surface area contributed by atoms with Crippen molar-refractivity contribution in [2.75, 3.05) is 0 Å². The molecule has 0 aromatic heterocycles. The van der Waals surface area contributed by atoms with Gasteiger partial charge in [0.2, 0.25) is 0 Å². The lowest BCUT2D eigenvalue weighted by atomic mass is 10.1. The molecule has 1 N–H and O–H groups in total. The van der Waals surface area contributed by atoms with Gasteiger partial charge in [-0.1, -0.05) is 71.6 Å². The molecule has 0 aliphatic rings. The predicted molar refractivity (Wildman–Crippen MR) is 145 cm³/mol. The molecule has 186 valence electrons. The van der Waals surface area contributed by atoms with Crippen molar-refractivity contribution in [1.29, 1.82) is 0 Å². The number of terminal acetylenes is 1. The molecule has 0 fully saturated rings. The molecule has 0 saturated heterocycles. The van der Waals surface area contributed by atoms with Gasteiger partial charge in [0.15, 0.2) is 16.6 Å². The molecule has 4 nitrogen and oxygen atoms in total. The van der Waals surface area contributed by atoms with Crippen molar-refractivity contribution in [2.45, 2.75) is 116 Å². The third-order valence-electron chi connectivity index (χ3n) is 6.53. The zero-order valence-corrected chi connectivity index (χ0v) is 24.5. The zero-order valence-electron chi connectivity index (χ0n) is 22.5. The number of carboxylic acid groups (broad SMARTS) is 1. The Labute approximate surface area is 205 Å². The summed E-state index contributed by atoms with van der Waals surface area (Å²) in [4.78, 5) is 10.9. The van der Waals surface area contributed by atoms with E-state index in [-0.39, 0.29) is 28.7 Å². The van der Waals surface area contributed by atoms with Crippen LogP contribution in [0.1, 0.15) is 67.2 Å². The number of aliphatic carboxylic acids is 1. The highest BCUT2D eigenvalue weighted by Crippen LogP contribution is 2.38. The molecular formula is C27H46O4Si2. The van der Waals surface area contributed by atoms with Crippen LogP contribution in [-0.4, -0.2) is 39.9 Å². The number of allylic oxidation sites excluding steroid dienone is 3. The van der Waals surface area contributed by atoms with Crippen molar-refractivity contribution in [2.24, 2.45) is 0 Å². The number of hydrogen-bond acceptors (Lipinski definition) is 3. The Morgan fingerprint density at radius 3 is 2.03 bits per heavy atom. The van der Waals surface area contributed by atoms with E-state index in [0.717, 1.165) is 0 Å². The normalized spacial score (nSPS) is 15.2. The summed E-state index contributed by atoms with van der Waals surface area (Å²) in [5.74, 6) is 8.18. The molecular weight excluding hydrogens is 444 g/mol. The fraction of sp³-hybridized carbons (Fsp3) is 0.667. The fourth-order valence-electron chi connectivity index (χ4n) is 2.38. The van der Waals surface area contributed by atoms with Gasteiger partial charge in [-0.25, -0.2) is 0 Å². The molecule has 2 atom stereocenters. The second-order valence-corrected chi connectivity index (χ2v) is 21.0. The highest BCUT2D eigenvalue weighted by molar-refractivity contribution is 6.74. The Kier molecular flexibility index (Phi) is 12.7. The number of carboxylic acids is 1. The van der Waals surface area contributed by atoms with Crippen LogP contribution in [0.4, 0.5) is 0 Å². The topological polar surface area (TPSA) is 55.8 Å². The van der Waals surface area contributed by atoms with Gasteiger partial charge >= 0.3 is 5.97 Å². The minimum Gasteiger partial charge on any atom is -0.481 e. The van der Waals surface area contributed by atoms with Gasteiger partial charge in [-0.05, 0) is 55.2 Å². The van der Waals surface area contributed by atoms with Crippen molar-refractivity contribution in [3.8, 4) is 24.2 Å². The molecule has 0 bridgehead atoms. The summed E-state index contributed by atoms with van der Waals surface area (Å²) in [6.07, 6.45) is 14.6. The van der Waals surface area contributed by atoms with E-state index in [1.165, 1.54) is 0 Å². The summed E-state index contributed by atoms with van der Waals surface area (Å²) in [6, 6.07) is 0. The molecule has 6 heteroatoms. The summed E-state index contributed by atoms with van der Waals surface area (Å²) in [6.45, 7) is 22.0. The van der Waals surface area contributed by atoms with Crippen LogP contribution >= 0.6 is 0 Å². The lowest BCUT2D eigenvalue weighted by Gasteiger charge is -2.38. The van der Waals surface area contributed by atoms with Crippen molar-refractivity contribution in [3.05, 3.63) is 24.3 Å². The lowest BCUT2D eigenvalue weighted by Crippen LogP contribution is -2.43. The highest BCUT2D eigenvalue weighted by Gasteiger charge is 2.39. The second kappa shape index (κ2) is 13.3. The van der Waals surface area contributed by atoms with Crippen molar-refractivity contribution in [1.82, 2.24) is 0 Å². The maximum absolute atomic E-state index is 10.9. The second-order valence-electron chi connectivity index (χ2n) is 11.5. The molecule has 0 rings (SSSR count). The third kappa shape index (κ3) is 12.5. The van der Waals surface area contributed by atoms with Crippen LogP contribution in [0, 0.1) is 24.2 Å². The summed E-state index contributed by atoms with van der Waals surface area (Å²) in [7, 11) is -3.91. The summed E-state index contributed by atoms with van der Waals surface area (Å²) < 4.78 is 12.8. The Hall–Kier alpha value is -1.58.